The molecule has 0 bridgehead atoms. The van der Waals surface area contributed by atoms with Crippen molar-refractivity contribution < 1.29 is 0 Å². The lowest BCUT2D eigenvalue weighted by atomic mass is 10.2. The van der Waals surface area contributed by atoms with Crippen molar-refractivity contribution in [2.24, 2.45) is 0 Å². The molecule has 0 aliphatic rings. The van der Waals surface area contributed by atoms with Gasteiger partial charge in [-0.2, -0.15) is 15.0 Å². The summed E-state index contributed by atoms with van der Waals surface area (Å²) in [6.45, 7) is 4.91. The number of benzene rings is 1. The normalized spacial score (nSPS) is 10.5. The molecule has 0 atom stereocenters. The molecule has 20 heavy (non-hydrogen) atoms. The minimum Gasteiger partial charge on any atom is -0.350 e. The highest BCUT2D eigenvalue weighted by Crippen LogP contribution is 2.19. The summed E-state index contributed by atoms with van der Waals surface area (Å²) in [7, 11) is 0. The van der Waals surface area contributed by atoms with Gasteiger partial charge in [-0.3, -0.25) is 0 Å². The predicted octanol–water partition coefficient (Wildman–Crippen LogP) is 3.71. The molecular formula is C14H18N4S2. The van der Waals surface area contributed by atoms with E-state index in [2.05, 4.69) is 46.2 Å². The molecule has 0 amide bonds. The molecule has 2 aromatic rings. The van der Waals surface area contributed by atoms with Gasteiger partial charge in [0, 0.05) is 6.54 Å². The largest absolute Gasteiger partial charge is 0.350 e. The number of rotatable bonds is 7. The van der Waals surface area contributed by atoms with Gasteiger partial charge in [0.25, 0.3) is 0 Å². The smallest absolute Gasteiger partial charge is 0.227 e. The van der Waals surface area contributed by atoms with E-state index in [1.165, 1.54) is 5.56 Å². The Morgan fingerprint density at radius 2 is 1.50 bits per heavy atom. The Labute approximate surface area is 128 Å². The Morgan fingerprint density at radius 3 is 2.05 bits per heavy atom. The summed E-state index contributed by atoms with van der Waals surface area (Å²) in [6.07, 6.45) is 0. The molecule has 0 fully saturated rings. The van der Waals surface area contributed by atoms with E-state index in [0.29, 0.717) is 5.95 Å². The van der Waals surface area contributed by atoms with E-state index in [1.54, 1.807) is 23.5 Å². The summed E-state index contributed by atoms with van der Waals surface area (Å²) >= 11 is 3.27. The van der Waals surface area contributed by atoms with Crippen molar-refractivity contribution in [3.05, 3.63) is 35.9 Å². The molecule has 106 valence electrons. The summed E-state index contributed by atoms with van der Waals surface area (Å²) in [4.78, 5) is 13.3. The lowest BCUT2D eigenvalue weighted by Gasteiger charge is -2.07. The minimum atomic E-state index is 0.649. The van der Waals surface area contributed by atoms with Crippen LogP contribution in [-0.2, 0) is 6.54 Å². The zero-order valence-electron chi connectivity index (χ0n) is 11.7. The van der Waals surface area contributed by atoms with Crippen LogP contribution in [0.3, 0.4) is 0 Å². The van der Waals surface area contributed by atoms with Crippen LogP contribution in [0.2, 0.25) is 0 Å². The second-order valence-electron chi connectivity index (χ2n) is 3.93. The Bertz CT molecular complexity index is 510. The maximum atomic E-state index is 4.44. The number of nitrogens with one attached hydrogen (secondary N) is 1. The average Bonchev–Trinajstić information content (AvgIpc) is 2.47. The third-order valence-corrected chi connectivity index (χ3v) is 3.89. The molecule has 0 aliphatic heterocycles. The molecule has 0 aliphatic carbocycles. The van der Waals surface area contributed by atoms with Gasteiger partial charge in [0.1, 0.15) is 0 Å². The van der Waals surface area contributed by atoms with E-state index in [9.17, 15) is 0 Å². The third kappa shape index (κ3) is 4.68. The molecule has 0 saturated carbocycles. The predicted molar refractivity (Wildman–Crippen MR) is 86.4 cm³/mol. The molecule has 0 radical (unpaired) electrons. The number of hydrogen-bond donors (Lipinski definition) is 1. The first-order valence-electron chi connectivity index (χ1n) is 6.61. The van der Waals surface area contributed by atoms with E-state index in [-0.39, 0.29) is 0 Å². The zero-order chi connectivity index (χ0) is 14.2. The van der Waals surface area contributed by atoms with E-state index < -0.39 is 0 Å². The van der Waals surface area contributed by atoms with Crippen molar-refractivity contribution >= 4 is 29.5 Å². The molecule has 0 unspecified atom stereocenters. The number of nitrogens with zero attached hydrogens (tertiary/aromatic N) is 3. The first kappa shape index (κ1) is 15.1. The fourth-order valence-electron chi connectivity index (χ4n) is 1.58. The zero-order valence-corrected chi connectivity index (χ0v) is 13.3. The van der Waals surface area contributed by atoms with Crippen molar-refractivity contribution in [2.45, 2.75) is 30.7 Å². The highest BCUT2D eigenvalue weighted by Gasteiger charge is 2.06. The molecular weight excluding hydrogens is 288 g/mol. The molecule has 1 aromatic carbocycles. The lowest BCUT2D eigenvalue weighted by Crippen LogP contribution is -2.06. The van der Waals surface area contributed by atoms with E-state index in [0.717, 1.165) is 28.4 Å². The second-order valence-corrected chi connectivity index (χ2v) is 6.39. The van der Waals surface area contributed by atoms with Crippen LogP contribution in [0.5, 0.6) is 0 Å². The van der Waals surface area contributed by atoms with Crippen LogP contribution in [0.1, 0.15) is 19.4 Å². The third-order valence-electron chi connectivity index (χ3n) is 2.43. The van der Waals surface area contributed by atoms with Gasteiger partial charge in [0.15, 0.2) is 10.3 Å². The van der Waals surface area contributed by atoms with Crippen LogP contribution in [0.4, 0.5) is 5.95 Å². The summed E-state index contributed by atoms with van der Waals surface area (Å²) in [5.74, 6) is 2.56. The summed E-state index contributed by atoms with van der Waals surface area (Å²) in [5, 5.41) is 4.84. The summed E-state index contributed by atoms with van der Waals surface area (Å²) in [6, 6.07) is 10.2. The van der Waals surface area contributed by atoms with E-state index >= 15 is 0 Å². The number of anilines is 1. The van der Waals surface area contributed by atoms with Gasteiger partial charge in [0.2, 0.25) is 5.95 Å². The number of thioether (sulfide) groups is 2. The topological polar surface area (TPSA) is 50.7 Å². The first-order valence-corrected chi connectivity index (χ1v) is 8.58. The highest BCUT2D eigenvalue weighted by atomic mass is 32.2. The SMILES string of the molecule is CCSc1nc(NCc2ccccc2)nc(SCC)n1. The van der Waals surface area contributed by atoms with Crippen LogP contribution >= 0.6 is 23.5 Å². The minimum absolute atomic E-state index is 0.649. The molecule has 1 heterocycles. The van der Waals surface area contributed by atoms with Crippen LogP contribution in [-0.4, -0.2) is 26.5 Å². The van der Waals surface area contributed by atoms with Crippen molar-refractivity contribution in [2.75, 3.05) is 16.8 Å². The van der Waals surface area contributed by atoms with Crippen molar-refractivity contribution in [1.82, 2.24) is 15.0 Å². The Balaban J connectivity index is 2.09. The standard InChI is InChI=1S/C14H18N4S2/c1-3-19-13-16-12(17-14(18-13)20-4-2)15-10-11-8-6-5-7-9-11/h5-9H,3-4,10H2,1-2H3,(H,15,16,17,18). The van der Waals surface area contributed by atoms with Gasteiger partial charge in [-0.25, -0.2) is 0 Å². The molecule has 4 nitrogen and oxygen atoms in total. The maximum Gasteiger partial charge on any atom is 0.227 e. The van der Waals surface area contributed by atoms with Crippen LogP contribution in [0, 0.1) is 0 Å². The fourth-order valence-corrected chi connectivity index (χ4v) is 2.76. The fraction of sp³-hybridized carbons (Fsp3) is 0.357. The van der Waals surface area contributed by atoms with E-state index in [4.69, 9.17) is 0 Å². The van der Waals surface area contributed by atoms with Gasteiger partial charge < -0.3 is 5.32 Å². The van der Waals surface area contributed by atoms with Gasteiger partial charge >= 0.3 is 0 Å². The maximum absolute atomic E-state index is 4.44. The number of hydrogen-bond acceptors (Lipinski definition) is 6. The molecule has 0 saturated heterocycles. The molecule has 1 aromatic heterocycles. The van der Waals surface area contributed by atoms with Gasteiger partial charge in [-0.15, -0.1) is 0 Å². The molecule has 2 rings (SSSR count). The van der Waals surface area contributed by atoms with Crippen LogP contribution in [0.15, 0.2) is 40.6 Å². The van der Waals surface area contributed by atoms with Gasteiger partial charge in [0.05, 0.1) is 0 Å². The molecule has 0 spiro atoms. The van der Waals surface area contributed by atoms with E-state index in [1.807, 2.05) is 18.2 Å². The van der Waals surface area contributed by atoms with Gasteiger partial charge in [-0.05, 0) is 17.1 Å². The quantitative estimate of drug-likeness (QED) is 0.787. The summed E-state index contributed by atoms with van der Waals surface area (Å²) < 4.78 is 0. The van der Waals surface area contributed by atoms with Crippen molar-refractivity contribution in [1.29, 1.82) is 0 Å². The average molecular weight is 306 g/mol. The Hall–Kier alpha value is -1.27. The van der Waals surface area contributed by atoms with Crippen molar-refractivity contribution in [3.8, 4) is 0 Å². The monoisotopic (exact) mass is 306 g/mol. The molecule has 1 N–H and O–H groups in total. The van der Waals surface area contributed by atoms with Crippen LogP contribution < -0.4 is 5.32 Å². The molecule has 6 heteroatoms. The lowest BCUT2D eigenvalue weighted by molar-refractivity contribution is 0.800. The summed E-state index contributed by atoms with van der Waals surface area (Å²) in [5.41, 5.74) is 1.21. The first-order chi connectivity index (χ1) is 9.81. The Kier molecular flexibility index (Phi) is 6.14. The number of aromatic nitrogens is 3. The van der Waals surface area contributed by atoms with Gasteiger partial charge in [-0.1, -0.05) is 67.7 Å². The second kappa shape index (κ2) is 8.11. The van der Waals surface area contributed by atoms with Crippen molar-refractivity contribution in [3.63, 3.8) is 0 Å². The van der Waals surface area contributed by atoms with Crippen LogP contribution in [0.25, 0.3) is 0 Å². The highest BCUT2D eigenvalue weighted by molar-refractivity contribution is 7.99. The Morgan fingerprint density at radius 1 is 0.900 bits per heavy atom.